The van der Waals surface area contributed by atoms with E-state index in [2.05, 4.69) is 17.1 Å². The second kappa shape index (κ2) is 5.38. The molecular formula is C8H11ClN2S. The van der Waals surface area contributed by atoms with Crippen molar-refractivity contribution in [2.75, 3.05) is 5.88 Å². The highest BCUT2D eigenvalue weighted by molar-refractivity contribution is 7.99. The molecule has 0 saturated carbocycles. The molecule has 1 rings (SSSR count). The van der Waals surface area contributed by atoms with Gasteiger partial charge in [0.2, 0.25) is 0 Å². The minimum atomic E-state index is 0.513. The fourth-order valence-corrected chi connectivity index (χ4v) is 2.13. The van der Waals surface area contributed by atoms with Crippen LogP contribution in [0, 0.1) is 0 Å². The van der Waals surface area contributed by atoms with Gasteiger partial charge in [0.1, 0.15) is 5.03 Å². The Morgan fingerprint density at radius 1 is 1.67 bits per heavy atom. The number of alkyl halides is 1. The van der Waals surface area contributed by atoms with Crippen LogP contribution in [0.2, 0.25) is 0 Å². The van der Waals surface area contributed by atoms with Crippen LogP contribution in [0.15, 0.2) is 23.4 Å². The van der Waals surface area contributed by atoms with E-state index in [4.69, 9.17) is 11.6 Å². The molecule has 1 unspecified atom stereocenters. The topological polar surface area (TPSA) is 25.8 Å². The molecule has 0 aliphatic heterocycles. The summed E-state index contributed by atoms with van der Waals surface area (Å²) in [6.45, 7) is 2.14. The Morgan fingerprint density at radius 3 is 3.08 bits per heavy atom. The summed E-state index contributed by atoms with van der Waals surface area (Å²) in [4.78, 5) is 0. The molecule has 0 saturated heterocycles. The molecule has 4 heteroatoms. The quantitative estimate of drug-likeness (QED) is 0.555. The lowest BCUT2D eigenvalue weighted by Gasteiger charge is -2.06. The van der Waals surface area contributed by atoms with Crippen LogP contribution in [0.1, 0.15) is 13.3 Å². The third-order valence-electron chi connectivity index (χ3n) is 1.39. The molecule has 1 aromatic rings. The van der Waals surface area contributed by atoms with Crippen LogP contribution in [-0.2, 0) is 0 Å². The van der Waals surface area contributed by atoms with Crippen molar-refractivity contribution in [1.82, 2.24) is 10.2 Å². The SMILES string of the molecule is CC(CCCl)Sc1cccnn1. The molecule has 0 aliphatic carbocycles. The lowest BCUT2D eigenvalue weighted by atomic mass is 10.4. The van der Waals surface area contributed by atoms with Crippen molar-refractivity contribution in [2.24, 2.45) is 0 Å². The first-order valence-electron chi connectivity index (χ1n) is 3.83. The van der Waals surface area contributed by atoms with Crippen LogP contribution in [0.5, 0.6) is 0 Å². The van der Waals surface area contributed by atoms with Crippen LogP contribution >= 0.6 is 23.4 Å². The molecule has 0 fully saturated rings. The predicted molar refractivity (Wildman–Crippen MR) is 52.7 cm³/mol. The molecule has 1 heterocycles. The average Bonchev–Trinajstić information content (AvgIpc) is 2.06. The van der Waals surface area contributed by atoms with Crippen molar-refractivity contribution in [3.8, 4) is 0 Å². The molecule has 0 aliphatic rings. The van der Waals surface area contributed by atoms with Crippen molar-refractivity contribution < 1.29 is 0 Å². The van der Waals surface area contributed by atoms with Gasteiger partial charge in [0.15, 0.2) is 0 Å². The smallest absolute Gasteiger partial charge is 0.119 e. The summed E-state index contributed by atoms with van der Waals surface area (Å²) < 4.78 is 0. The summed E-state index contributed by atoms with van der Waals surface area (Å²) >= 11 is 7.32. The molecule has 0 aromatic carbocycles. The Bertz CT molecular complexity index is 218. The highest BCUT2D eigenvalue weighted by Gasteiger charge is 2.03. The number of hydrogen-bond donors (Lipinski definition) is 0. The standard InChI is InChI=1S/C8H11ClN2S/c1-7(4-5-9)12-8-3-2-6-10-11-8/h2-3,6-7H,4-5H2,1H3. The van der Waals surface area contributed by atoms with Gasteiger partial charge < -0.3 is 0 Å². The zero-order valence-corrected chi connectivity index (χ0v) is 8.48. The maximum absolute atomic E-state index is 5.61. The highest BCUT2D eigenvalue weighted by atomic mass is 35.5. The second-order valence-corrected chi connectivity index (χ2v) is 4.30. The zero-order chi connectivity index (χ0) is 8.81. The minimum Gasteiger partial charge on any atom is -0.158 e. The summed E-state index contributed by atoms with van der Waals surface area (Å²) in [6.07, 6.45) is 2.68. The molecule has 1 aromatic heterocycles. The van der Waals surface area contributed by atoms with Gasteiger partial charge in [-0.15, -0.1) is 28.5 Å². The maximum atomic E-state index is 5.61. The van der Waals surface area contributed by atoms with E-state index in [1.807, 2.05) is 12.1 Å². The van der Waals surface area contributed by atoms with Crippen LogP contribution in [0.25, 0.3) is 0 Å². The summed E-state index contributed by atoms with van der Waals surface area (Å²) in [7, 11) is 0. The van der Waals surface area contributed by atoms with Gasteiger partial charge in [-0.3, -0.25) is 0 Å². The van der Waals surface area contributed by atoms with Crippen LogP contribution in [0.3, 0.4) is 0 Å². The van der Waals surface area contributed by atoms with E-state index in [1.165, 1.54) is 0 Å². The van der Waals surface area contributed by atoms with Crippen LogP contribution < -0.4 is 0 Å². The first-order valence-corrected chi connectivity index (χ1v) is 5.24. The number of nitrogens with zero attached hydrogens (tertiary/aromatic N) is 2. The van der Waals surface area contributed by atoms with E-state index >= 15 is 0 Å². The molecule has 0 radical (unpaired) electrons. The van der Waals surface area contributed by atoms with Gasteiger partial charge in [0.05, 0.1) is 0 Å². The lowest BCUT2D eigenvalue weighted by Crippen LogP contribution is -1.97. The zero-order valence-electron chi connectivity index (χ0n) is 6.90. The molecule has 0 spiro atoms. The van der Waals surface area contributed by atoms with E-state index in [0.717, 1.165) is 11.4 Å². The van der Waals surface area contributed by atoms with Gasteiger partial charge in [-0.25, -0.2) is 0 Å². The van der Waals surface area contributed by atoms with Gasteiger partial charge in [-0.1, -0.05) is 6.92 Å². The number of rotatable bonds is 4. The molecule has 0 amide bonds. The summed E-state index contributed by atoms with van der Waals surface area (Å²) in [5, 5.41) is 9.25. The largest absolute Gasteiger partial charge is 0.158 e. The Morgan fingerprint density at radius 2 is 2.50 bits per heavy atom. The molecule has 0 N–H and O–H groups in total. The fraction of sp³-hybridized carbons (Fsp3) is 0.500. The number of aromatic nitrogens is 2. The molecule has 12 heavy (non-hydrogen) atoms. The second-order valence-electron chi connectivity index (χ2n) is 2.47. The normalized spacial score (nSPS) is 12.8. The van der Waals surface area contributed by atoms with Gasteiger partial charge >= 0.3 is 0 Å². The molecule has 2 nitrogen and oxygen atoms in total. The fourth-order valence-electron chi connectivity index (χ4n) is 0.769. The Kier molecular flexibility index (Phi) is 4.40. The van der Waals surface area contributed by atoms with Crippen molar-refractivity contribution >= 4 is 23.4 Å². The summed E-state index contributed by atoms with van der Waals surface area (Å²) in [5.74, 6) is 0.703. The van der Waals surface area contributed by atoms with E-state index in [9.17, 15) is 0 Å². The van der Waals surface area contributed by atoms with Crippen molar-refractivity contribution in [1.29, 1.82) is 0 Å². The predicted octanol–water partition coefficient (Wildman–Crippen LogP) is 2.59. The highest BCUT2D eigenvalue weighted by Crippen LogP contribution is 2.22. The van der Waals surface area contributed by atoms with Gasteiger partial charge in [-0.2, -0.15) is 5.10 Å². The van der Waals surface area contributed by atoms with Crippen LogP contribution in [-0.4, -0.2) is 21.3 Å². The molecular weight excluding hydrogens is 192 g/mol. The number of halogens is 1. The first-order chi connectivity index (χ1) is 5.83. The average molecular weight is 203 g/mol. The Labute approximate surface area is 81.7 Å². The summed E-state index contributed by atoms with van der Waals surface area (Å²) in [5.41, 5.74) is 0. The first kappa shape index (κ1) is 9.81. The van der Waals surface area contributed by atoms with Gasteiger partial charge in [0, 0.05) is 17.3 Å². The number of hydrogen-bond acceptors (Lipinski definition) is 3. The van der Waals surface area contributed by atoms with E-state index in [-0.39, 0.29) is 0 Å². The summed E-state index contributed by atoms with van der Waals surface area (Å²) in [6, 6.07) is 3.85. The monoisotopic (exact) mass is 202 g/mol. The molecule has 0 bridgehead atoms. The van der Waals surface area contributed by atoms with Gasteiger partial charge in [0.25, 0.3) is 0 Å². The van der Waals surface area contributed by atoms with Gasteiger partial charge in [-0.05, 0) is 18.6 Å². The Hall–Kier alpha value is -0.280. The van der Waals surface area contributed by atoms with E-state index in [1.54, 1.807) is 18.0 Å². The molecule has 66 valence electrons. The van der Waals surface area contributed by atoms with Crippen molar-refractivity contribution in [3.05, 3.63) is 18.3 Å². The maximum Gasteiger partial charge on any atom is 0.119 e. The Balaban J connectivity index is 2.41. The molecule has 1 atom stereocenters. The van der Waals surface area contributed by atoms with Crippen molar-refractivity contribution in [3.63, 3.8) is 0 Å². The van der Waals surface area contributed by atoms with Crippen LogP contribution in [0.4, 0.5) is 0 Å². The van der Waals surface area contributed by atoms with E-state index < -0.39 is 0 Å². The minimum absolute atomic E-state index is 0.513. The van der Waals surface area contributed by atoms with E-state index in [0.29, 0.717) is 11.1 Å². The third kappa shape index (κ3) is 3.41. The van der Waals surface area contributed by atoms with Crippen molar-refractivity contribution in [2.45, 2.75) is 23.6 Å². The third-order valence-corrected chi connectivity index (χ3v) is 2.70. The number of thioether (sulfide) groups is 1. The lowest BCUT2D eigenvalue weighted by molar-refractivity contribution is 0.886.